The van der Waals surface area contributed by atoms with E-state index in [9.17, 15) is 0 Å². The molecular formula is C61H55BN2. The van der Waals surface area contributed by atoms with Gasteiger partial charge in [0.05, 0.1) is 11.1 Å². The van der Waals surface area contributed by atoms with E-state index in [2.05, 4.69) is 229 Å². The lowest BCUT2D eigenvalue weighted by atomic mass is 9.54. The Morgan fingerprint density at radius 1 is 0.500 bits per heavy atom. The van der Waals surface area contributed by atoms with Crippen molar-refractivity contribution in [2.75, 3.05) is 10.2 Å². The van der Waals surface area contributed by atoms with Crippen LogP contribution in [-0.4, -0.2) is 7.28 Å². The van der Waals surface area contributed by atoms with Crippen LogP contribution in [-0.2, 0) is 21.7 Å². The molecule has 0 fully saturated rings. The normalized spacial score (nSPS) is 17.1. The number of fused-ring (bicyclic) bond motifs is 8. The number of para-hydroxylation sites is 2. The van der Waals surface area contributed by atoms with Crippen LogP contribution in [0, 0.1) is 6.92 Å². The summed E-state index contributed by atoms with van der Waals surface area (Å²) in [6.45, 7) is 16.9. The lowest BCUT2D eigenvalue weighted by Crippen LogP contribution is -2.47. The van der Waals surface area contributed by atoms with Crippen molar-refractivity contribution in [2.45, 2.75) is 83.0 Å². The van der Waals surface area contributed by atoms with Gasteiger partial charge in [-0.3, -0.25) is 0 Å². The summed E-state index contributed by atoms with van der Waals surface area (Å²) in [7, 11) is 0.824. The van der Waals surface area contributed by atoms with Crippen molar-refractivity contribution in [3.8, 4) is 22.3 Å². The smallest absolute Gasteiger partial charge is 0.198 e. The minimum atomic E-state index is -0.503. The predicted octanol–water partition coefficient (Wildman–Crippen LogP) is 13.9. The third-order valence-corrected chi connectivity index (χ3v) is 15.8. The molecule has 0 amide bonds. The Bertz CT molecular complexity index is 3170. The minimum Gasteiger partial charge on any atom is -0.355 e. The maximum absolute atomic E-state index is 4.12. The van der Waals surface area contributed by atoms with Gasteiger partial charge in [-0.1, -0.05) is 187 Å². The molecule has 12 rings (SSSR count). The van der Waals surface area contributed by atoms with E-state index in [1.54, 1.807) is 0 Å². The number of hydrogen-bond acceptors (Lipinski definition) is 2. The lowest BCUT2D eigenvalue weighted by Gasteiger charge is -2.49. The summed E-state index contributed by atoms with van der Waals surface area (Å²) < 4.78 is 0. The highest BCUT2D eigenvalue weighted by Gasteiger charge is 2.49. The molecule has 8 aromatic carbocycles. The first-order chi connectivity index (χ1) is 30.9. The zero-order chi connectivity index (χ0) is 43.8. The second-order valence-electron chi connectivity index (χ2n) is 20.9. The van der Waals surface area contributed by atoms with Gasteiger partial charge in [0.2, 0.25) is 0 Å². The third kappa shape index (κ3) is 5.40. The zero-order valence-electron chi connectivity index (χ0n) is 38.2. The van der Waals surface area contributed by atoms with Crippen molar-refractivity contribution in [3.05, 3.63) is 220 Å². The lowest BCUT2D eigenvalue weighted by molar-refractivity contribution is 0.332. The second-order valence-corrected chi connectivity index (χ2v) is 20.9. The molecule has 8 aromatic rings. The van der Waals surface area contributed by atoms with Gasteiger partial charge in [0, 0.05) is 33.7 Å². The fourth-order valence-corrected chi connectivity index (χ4v) is 12.6. The minimum absolute atomic E-state index is 0.109. The van der Waals surface area contributed by atoms with Crippen LogP contribution in [0.5, 0.6) is 0 Å². The summed E-state index contributed by atoms with van der Waals surface area (Å²) in [4.78, 5) is 2.63. The molecule has 0 saturated heterocycles. The summed E-state index contributed by atoms with van der Waals surface area (Å²) in [5.41, 5.74) is 25.9. The Morgan fingerprint density at radius 2 is 1.14 bits per heavy atom. The van der Waals surface area contributed by atoms with Crippen molar-refractivity contribution in [2.24, 2.45) is 0 Å². The number of anilines is 5. The van der Waals surface area contributed by atoms with Crippen molar-refractivity contribution in [1.29, 1.82) is 0 Å². The van der Waals surface area contributed by atoms with Crippen molar-refractivity contribution >= 4 is 46.6 Å². The number of hydrogen-bond donors (Lipinski definition) is 1. The molecule has 0 aromatic heterocycles. The fraction of sp³-hybridized carbons (Fsp3) is 0.213. The number of nitrogens with one attached hydrogen (secondary N) is 1. The van der Waals surface area contributed by atoms with Crippen LogP contribution in [0.2, 0.25) is 0 Å². The molecule has 2 aliphatic heterocycles. The molecule has 0 spiro atoms. The molecule has 0 atom stereocenters. The van der Waals surface area contributed by atoms with Crippen LogP contribution in [0.3, 0.4) is 0 Å². The number of aryl methyl sites for hydroxylation is 1. The molecule has 2 nitrogen and oxygen atoms in total. The van der Waals surface area contributed by atoms with E-state index in [4.69, 9.17) is 0 Å². The van der Waals surface area contributed by atoms with Gasteiger partial charge in [-0.2, -0.15) is 0 Å². The Labute approximate surface area is 380 Å². The highest BCUT2D eigenvalue weighted by atomic mass is 15.2. The molecule has 2 aliphatic carbocycles. The van der Waals surface area contributed by atoms with Crippen molar-refractivity contribution < 1.29 is 0 Å². The maximum Gasteiger partial charge on any atom is 0.198 e. The summed E-state index contributed by atoms with van der Waals surface area (Å²) >= 11 is 0. The predicted molar refractivity (Wildman–Crippen MR) is 272 cm³/mol. The van der Waals surface area contributed by atoms with Gasteiger partial charge >= 0.3 is 0 Å². The SMILES string of the molecule is Cc1cc(-c2c(Nc3ccc4c(c3)C(C)(C)CCC4(C)C)ccc3c2C(C)(C)c2ccccc2-3)c2c(c1)N1c3ccccc3C(c3ccccc3)(c3ccccc3)c3cccc(c31)B2. The first-order valence-corrected chi connectivity index (χ1v) is 23.4. The molecule has 0 bridgehead atoms. The van der Waals surface area contributed by atoms with E-state index in [0.717, 1.165) is 18.7 Å². The molecule has 3 heteroatoms. The molecule has 312 valence electrons. The van der Waals surface area contributed by atoms with Gasteiger partial charge in [0.1, 0.15) is 0 Å². The van der Waals surface area contributed by atoms with Gasteiger partial charge in [0.15, 0.2) is 7.28 Å². The Hall–Kier alpha value is -6.58. The first kappa shape index (κ1) is 39.0. The quantitative estimate of drug-likeness (QED) is 0.174. The van der Waals surface area contributed by atoms with Gasteiger partial charge in [-0.05, 0) is 133 Å². The van der Waals surface area contributed by atoms with Crippen LogP contribution in [0.15, 0.2) is 170 Å². The van der Waals surface area contributed by atoms with Gasteiger partial charge in [-0.25, -0.2) is 0 Å². The van der Waals surface area contributed by atoms with E-state index < -0.39 is 5.41 Å². The monoisotopic (exact) mass is 826 g/mol. The molecular weight excluding hydrogens is 771 g/mol. The molecule has 4 aliphatic rings. The fourth-order valence-electron chi connectivity index (χ4n) is 12.6. The summed E-state index contributed by atoms with van der Waals surface area (Å²) in [6.07, 6.45) is 2.39. The standard InChI is InChI=1S/C61H55BN2/c1-38-35-44(54-51(32-30-43-42-23-14-15-24-45(42)60(6,7)55(43)54)63-41-29-31-46-49(37-41)59(4,5)34-33-58(46,2)3)56-53(36-38)64-52-28-17-16-25-47(52)61(39-19-10-8-11-20-39,40-21-12-9-13-22-40)48-26-18-27-50(62-56)57(48)64/h8-32,35-37,62-63H,33-34H2,1-7H3. The summed E-state index contributed by atoms with van der Waals surface area (Å²) in [5, 5.41) is 4.12. The van der Waals surface area contributed by atoms with E-state index in [0.29, 0.717) is 0 Å². The largest absolute Gasteiger partial charge is 0.355 e. The van der Waals surface area contributed by atoms with E-state index >= 15 is 0 Å². The first-order valence-electron chi connectivity index (χ1n) is 23.4. The highest BCUT2D eigenvalue weighted by molar-refractivity contribution is 6.73. The average Bonchev–Trinajstić information content (AvgIpc) is 3.54. The Balaban J connectivity index is 1.12. The summed E-state index contributed by atoms with van der Waals surface area (Å²) in [5.74, 6) is 0. The molecule has 0 unspecified atom stereocenters. The second kappa shape index (κ2) is 13.7. The van der Waals surface area contributed by atoms with Crippen LogP contribution in [0.4, 0.5) is 28.4 Å². The Kier molecular flexibility index (Phi) is 8.37. The van der Waals surface area contributed by atoms with E-state index in [1.807, 2.05) is 0 Å². The zero-order valence-corrected chi connectivity index (χ0v) is 38.2. The molecule has 0 radical (unpaired) electrons. The van der Waals surface area contributed by atoms with Crippen molar-refractivity contribution in [1.82, 2.24) is 0 Å². The third-order valence-electron chi connectivity index (χ3n) is 15.8. The van der Waals surface area contributed by atoms with Crippen molar-refractivity contribution in [3.63, 3.8) is 0 Å². The maximum atomic E-state index is 4.12. The van der Waals surface area contributed by atoms with Crippen LogP contribution >= 0.6 is 0 Å². The number of rotatable bonds is 5. The van der Waals surface area contributed by atoms with Crippen LogP contribution in [0.1, 0.15) is 104 Å². The number of benzene rings is 8. The van der Waals surface area contributed by atoms with Crippen LogP contribution < -0.4 is 21.1 Å². The molecule has 2 heterocycles. The topological polar surface area (TPSA) is 15.3 Å². The van der Waals surface area contributed by atoms with Gasteiger partial charge in [0.25, 0.3) is 0 Å². The molecule has 0 saturated carbocycles. The van der Waals surface area contributed by atoms with E-state index in [-0.39, 0.29) is 16.2 Å². The van der Waals surface area contributed by atoms with Crippen LogP contribution in [0.25, 0.3) is 22.3 Å². The van der Waals surface area contributed by atoms with Gasteiger partial charge < -0.3 is 10.2 Å². The number of nitrogens with zero attached hydrogens (tertiary/aromatic N) is 1. The Morgan fingerprint density at radius 3 is 1.88 bits per heavy atom. The molecule has 64 heavy (non-hydrogen) atoms. The average molecular weight is 827 g/mol. The highest BCUT2D eigenvalue weighted by Crippen LogP contribution is 2.59. The van der Waals surface area contributed by atoms with Gasteiger partial charge in [-0.15, -0.1) is 0 Å². The summed E-state index contributed by atoms with van der Waals surface area (Å²) in [6, 6.07) is 64.7. The molecule has 1 N–H and O–H groups in total. The van der Waals surface area contributed by atoms with E-state index in [1.165, 1.54) is 113 Å².